The van der Waals surface area contributed by atoms with Crippen molar-refractivity contribution in [2.75, 3.05) is 19.0 Å². The Morgan fingerprint density at radius 1 is 1.18 bits per heavy atom. The molecule has 1 N–H and O–H groups in total. The molecule has 1 aromatic carbocycles. The third-order valence-electron chi connectivity index (χ3n) is 3.17. The first-order chi connectivity index (χ1) is 10.7. The van der Waals surface area contributed by atoms with Crippen molar-refractivity contribution < 1.29 is 14.6 Å². The van der Waals surface area contributed by atoms with Gasteiger partial charge in [0, 0.05) is 13.0 Å². The molecule has 0 fully saturated rings. The summed E-state index contributed by atoms with van der Waals surface area (Å²) in [5.74, 6) is 0.848. The van der Waals surface area contributed by atoms with Gasteiger partial charge in [-0.3, -0.25) is 0 Å². The van der Waals surface area contributed by atoms with Gasteiger partial charge in [0.15, 0.2) is 0 Å². The summed E-state index contributed by atoms with van der Waals surface area (Å²) in [6.45, 7) is 2.81. The Hall–Kier alpha value is -1.26. The Labute approximate surface area is 137 Å². The minimum atomic E-state index is -0.261. The molecule has 122 valence electrons. The van der Waals surface area contributed by atoms with E-state index in [1.165, 1.54) is 17.7 Å². The maximum Gasteiger partial charge on any atom is 0.338 e. The number of hydrogen-bond acceptors (Lipinski definition) is 4. The van der Waals surface area contributed by atoms with Crippen LogP contribution in [0.15, 0.2) is 41.3 Å². The van der Waals surface area contributed by atoms with Gasteiger partial charge in [-0.25, -0.2) is 4.79 Å². The first-order valence-electron chi connectivity index (χ1n) is 7.86. The highest BCUT2D eigenvalue weighted by Gasteiger charge is 2.04. The minimum Gasteiger partial charge on any atom is -0.462 e. The number of hydrogen-bond donors (Lipinski definition) is 1. The van der Waals surface area contributed by atoms with Gasteiger partial charge in [-0.05, 0) is 42.6 Å². The smallest absolute Gasteiger partial charge is 0.338 e. The van der Waals surface area contributed by atoms with Crippen molar-refractivity contribution >= 4 is 17.7 Å². The lowest BCUT2D eigenvalue weighted by Crippen LogP contribution is -2.05. The van der Waals surface area contributed by atoms with E-state index in [1.54, 1.807) is 12.1 Å². The molecule has 3 nitrogen and oxygen atoms in total. The molecule has 0 aliphatic carbocycles. The van der Waals surface area contributed by atoms with E-state index in [-0.39, 0.29) is 5.97 Å². The summed E-state index contributed by atoms with van der Waals surface area (Å²) >= 11 is 1.85. The predicted molar refractivity (Wildman–Crippen MR) is 93.1 cm³/mol. The number of thioether (sulfide) groups is 1. The number of ether oxygens (including phenoxy) is 1. The molecule has 0 aliphatic heterocycles. The highest BCUT2D eigenvalue weighted by atomic mass is 32.2. The van der Waals surface area contributed by atoms with Gasteiger partial charge < -0.3 is 9.84 Å². The molecule has 0 bridgehead atoms. The van der Waals surface area contributed by atoms with Crippen LogP contribution >= 0.6 is 11.8 Å². The summed E-state index contributed by atoms with van der Waals surface area (Å²) in [4.78, 5) is 13.0. The van der Waals surface area contributed by atoms with Crippen molar-refractivity contribution in [2.45, 2.75) is 39.0 Å². The molecule has 0 atom stereocenters. The molecule has 0 amide bonds. The van der Waals surface area contributed by atoms with Crippen LogP contribution in [-0.4, -0.2) is 30.0 Å². The maximum absolute atomic E-state index is 11.7. The molecule has 4 heteroatoms. The molecule has 0 saturated heterocycles. The highest BCUT2D eigenvalue weighted by Crippen LogP contribution is 2.17. The molecule has 1 aromatic rings. The second-order valence-corrected chi connectivity index (χ2v) is 6.43. The van der Waals surface area contributed by atoms with E-state index in [0.717, 1.165) is 25.0 Å². The number of allylic oxidation sites excluding steroid dienone is 1. The molecule has 0 aliphatic rings. The lowest BCUT2D eigenvalue weighted by Gasteiger charge is -2.04. The van der Waals surface area contributed by atoms with Crippen LogP contribution in [0.1, 0.15) is 49.4 Å². The summed E-state index contributed by atoms with van der Waals surface area (Å²) in [5.41, 5.74) is 0.598. The number of rotatable bonds is 11. The molecule has 0 saturated carbocycles. The fourth-order valence-electron chi connectivity index (χ4n) is 1.93. The number of aliphatic hydroxyl groups excluding tert-OH is 1. The molecule has 0 heterocycles. The Bertz CT molecular complexity index is 443. The van der Waals surface area contributed by atoms with E-state index in [4.69, 9.17) is 9.84 Å². The Kier molecular flexibility index (Phi) is 10.5. The maximum atomic E-state index is 11.7. The zero-order valence-electron chi connectivity index (χ0n) is 13.3. The SMILES string of the molecule is C/C(=C\CCOC(=O)c1ccccc1)SCCCCCCO. The van der Waals surface area contributed by atoms with Crippen molar-refractivity contribution in [1.29, 1.82) is 0 Å². The van der Waals surface area contributed by atoms with E-state index in [2.05, 4.69) is 13.0 Å². The second kappa shape index (κ2) is 12.3. The Morgan fingerprint density at radius 2 is 1.91 bits per heavy atom. The normalized spacial score (nSPS) is 11.5. The van der Waals surface area contributed by atoms with Crippen LogP contribution in [0.3, 0.4) is 0 Å². The van der Waals surface area contributed by atoms with Gasteiger partial charge in [0.05, 0.1) is 12.2 Å². The van der Waals surface area contributed by atoms with E-state index in [1.807, 2.05) is 30.0 Å². The monoisotopic (exact) mass is 322 g/mol. The van der Waals surface area contributed by atoms with Crippen LogP contribution in [0.4, 0.5) is 0 Å². The zero-order valence-corrected chi connectivity index (χ0v) is 14.1. The first kappa shape index (κ1) is 18.8. The fourth-order valence-corrected chi connectivity index (χ4v) is 2.84. The summed E-state index contributed by atoms with van der Waals surface area (Å²) in [6, 6.07) is 9.06. The molecule has 1 rings (SSSR count). The third-order valence-corrected chi connectivity index (χ3v) is 4.29. The average Bonchev–Trinajstić information content (AvgIpc) is 2.55. The van der Waals surface area contributed by atoms with Crippen LogP contribution in [0.25, 0.3) is 0 Å². The van der Waals surface area contributed by atoms with Gasteiger partial charge in [-0.15, -0.1) is 11.8 Å². The number of aliphatic hydroxyl groups is 1. The van der Waals surface area contributed by atoms with E-state index in [0.29, 0.717) is 18.8 Å². The number of unbranched alkanes of at least 4 members (excludes halogenated alkanes) is 3. The summed E-state index contributed by atoms with van der Waals surface area (Å²) in [5, 5.41) is 8.69. The van der Waals surface area contributed by atoms with Crippen molar-refractivity contribution in [3.63, 3.8) is 0 Å². The second-order valence-electron chi connectivity index (χ2n) is 5.09. The van der Waals surface area contributed by atoms with Gasteiger partial charge in [0.25, 0.3) is 0 Å². The molecule has 0 spiro atoms. The fraction of sp³-hybridized carbons (Fsp3) is 0.500. The standard InChI is InChI=1S/C18H26O3S/c1-16(22-15-8-3-2-7-13-19)10-9-14-21-18(20)17-11-5-4-6-12-17/h4-6,10-12,19H,2-3,7-9,13-15H2,1H3/b16-10+. The first-order valence-corrected chi connectivity index (χ1v) is 8.85. The van der Waals surface area contributed by atoms with Gasteiger partial charge in [-0.1, -0.05) is 37.1 Å². The van der Waals surface area contributed by atoms with Crippen molar-refractivity contribution in [3.05, 3.63) is 46.9 Å². The van der Waals surface area contributed by atoms with Gasteiger partial charge >= 0.3 is 5.97 Å². The van der Waals surface area contributed by atoms with Gasteiger partial charge in [-0.2, -0.15) is 0 Å². The topological polar surface area (TPSA) is 46.5 Å². The minimum absolute atomic E-state index is 0.261. The van der Waals surface area contributed by atoms with E-state index >= 15 is 0 Å². The average molecular weight is 322 g/mol. The largest absolute Gasteiger partial charge is 0.462 e. The number of esters is 1. The Morgan fingerprint density at radius 3 is 2.64 bits per heavy atom. The number of carbonyl (C=O) groups is 1. The van der Waals surface area contributed by atoms with Crippen molar-refractivity contribution in [1.82, 2.24) is 0 Å². The van der Waals surface area contributed by atoms with Gasteiger partial charge in [0.2, 0.25) is 0 Å². The van der Waals surface area contributed by atoms with Crippen molar-refractivity contribution in [3.8, 4) is 0 Å². The van der Waals surface area contributed by atoms with E-state index in [9.17, 15) is 4.79 Å². The summed E-state index contributed by atoms with van der Waals surface area (Å²) in [7, 11) is 0. The third kappa shape index (κ3) is 8.90. The van der Waals surface area contributed by atoms with Crippen molar-refractivity contribution in [2.24, 2.45) is 0 Å². The lowest BCUT2D eigenvalue weighted by atomic mass is 10.2. The zero-order chi connectivity index (χ0) is 16.0. The molecular formula is C18H26O3S. The molecule has 0 aromatic heterocycles. The molecule has 22 heavy (non-hydrogen) atoms. The van der Waals surface area contributed by atoms with Crippen LogP contribution in [0.5, 0.6) is 0 Å². The van der Waals surface area contributed by atoms with Crippen LogP contribution in [0, 0.1) is 0 Å². The summed E-state index contributed by atoms with van der Waals surface area (Å²) in [6.07, 6.45) is 7.24. The van der Waals surface area contributed by atoms with Crippen LogP contribution in [-0.2, 0) is 4.74 Å². The van der Waals surface area contributed by atoms with Crippen LogP contribution in [0.2, 0.25) is 0 Å². The quantitative estimate of drug-likeness (QED) is 0.484. The van der Waals surface area contributed by atoms with Crippen LogP contribution < -0.4 is 0 Å². The Balaban J connectivity index is 2.08. The number of benzene rings is 1. The summed E-state index contributed by atoms with van der Waals surface area (Å²) < 4.78 is 5.23. The number of carbonyl (C=O) groups excluding carboxylic acids is 1. The highest BCUT2D eigenvalue weighted by molar-refractivity contribution is 8.03. The van der Waals surface area contributed by atoms with E-state index < -0.39 is 0 Å². The molecular weight excluding hydrogens is 296 g/mol. The lowest BCUT2D eigenvalue weighted by molar-refractivity contribution is 0.0511. The molecule has 0 radical (unpaired) electrons. The van der Waals surface area contributed by atoms with Gasteiger partial charge in [0.1, 0.15) is 0 Å². The predicted octanol–water partition coefficient (Wildman–Crippen LogP) is 4.42. The molecule has 0 unspecified atom stereocenters.